The van der Waals surface area contributed by atoms with Gasteiger partial charge < -0.3 is 10.0 Å². The van der Waals surface area contributed by atoms with Crippen molar-refractivity contribution in [2.45, 2.75) is 6.92 Å². The van der Waals surface area contributed by atoms with Gasteiger partial charge in [0.05, 0.1) is 11.4 Å². The average Bonchev–Trinajstić information content (AvgIpc) is 2.88. The van der Waals surface area contributed by atoms with E-state index in [9.17, 15) is 9.59 Å². The zero-order chi connectivity index (χ0) is 15.0. The zero-order valence-electron chi connectivity index (χ0n) is 11.7. The third kappa shape index (κ3) is 2.46. The van der Waals surface area contributed by atoms with Crippen LogP contribution in [0.1, 0.15) is 17.3 Å². The molecule has 1 fully saturated rings. The molecule has 0 saturated carbocycles. The maximum absolute atomic E-state index is 12.5. The molecule has 0 radical (unpaired) electrons. The molecule has 2 atom stereocenters. The van der Waals surface area contributed by atoms with Gasteiger partial charge in [-0.05, 0) is 30.2 Å². The van der Waals surface area contributed by atoms with Gasteiger partial charge in [0.1, 0.15) is 0 Å². The minimum absolute atomic E-state index is 0.0198. The summed E-state index contributed by atoms with van der Waals surface area (Å²) >= 11 is 0. The molecule has 2 aromatic rings. The first-order valence-electron chi connectivity index (χ1n) is 6.93. The molecule has 0 bridgehead atoms. The van der Waals surface area contributed by atoms with E-state index in [0.29, 0.717) is 12.1 Å². The summed E-state index contributed by atoms with van der Waals surface area (Å²) in [6.07, 6.45) is 1.71. The fraction of sp³-hybridized carbons (Fsp3) is 0.312. The minimum atomic E-state index is -0.833. The smallest absolute Gasteiger partial charge is 0.308 e. The molecule has 1 aliphatic heterocycles. The van der Waals surface area contributed by atoms with Gasteiger partial charge in [-0.3, -0.25) is 14.6 Å². The Morgan fingerprint density at radius 2 is 2.10 bits per heavy atom. The average molecular weight is 284 g/mol. The highest BCUT2D eigenvalue weighted by Crippen LogP contribution is 2.25. The van der Waals surface area contributed by atoms with E-state index in [1.807, 2.05) is 31.2 Å². The number of aliphatic carboxylic acids is 1. The number of fused-ring (bicyclic) bond motifs is 1. The molecule has 21 heavy (non-hydrogen) atoms. The maximum Gasteiger partial charge on any atom is 0.308 e. The van der Waals surface area contributed by atoms with E-state index in [-0.39, 0.29) is 18.4 Å². The van der Waals surface area contributed by atoms with Gasteiger partial charge >= 0.3 is 5.97 Å². The second-order valence-corrected chi connectivity index (χ2v) is 5.54. The predicted octanol–water partition coefficient (Wildman–Crippen LogP) is 2.03. The zero-order valence-corrected chi connectivity index (χ0v) is 11.7. The molecule has 1 saturated heterocycles. The van der Waals surface area contributed by atoms with Crippen LogP contribution in [0.2, 0.25) is 0 Å². The Labute approximate surface area is 122 Å². The van der Waals surface area contributed by atoms with Gasteiger partial charge in [0.25, 0.3) is 5.91 Å². The van der Waals surface area contributed by atoms with Crippen LogP contribution in [-0.2, 0) is 4.79 Å². The van der Waals surface area contributed by atoms with Gasteiger partial charge in [-0.1, -0.05) is 13.0 Å². The fourth-order valence-electron chi connectivity index (χ4n) is 2.85. The second-order valence-electron chi connectivity index (χ2n) is 5.54. The number of aromatic nitrogens is 1. The minimum Gasteiger partial charge on any atom is -0.481 e. The number of hydrogen-bond acceptors (Lipinski definition) is 3. The lowest BCUT2D eigenvalue weighted by molar-refractivity contribution is -0.142. The first kappa shape index (κ1) is 13.5. The number of carbonyl (C=O) groups is 2. The van der Waals surface area contributed by atoms with Crippen molar-refractivity contribution in [2.75, 3.05) is 13.1 Å². The monoisotopic (exact) mass is 284 g/mol. The van der Waals surface area contributed by atoms with Gasteiger partial charge in [0, 0.05) is 30.2 Å². The molecule has 2 unspecified atom stereocenters. The van der Waals surface area contributed by atoms with Gasteiger partial charge in [0.15, 0.2) is 0 Å². The number of rotatable bonds is 2. The molecule has 5 nitrogen and oxygen atoms in total. The SMILES string of the molecule is CC1CN(C(=O)c2ccc3ncccc3c2)CC1C(=O)O. The van der Waals surface area contributed by atoms with Crippen molar-refractivity contribution in [2.24, 2.45) is 11.8 Å². The maximum atomic E-state index is 12.5. The molecule has 2 heterocycles. The van der Waals surface area contributed by atoms with Gasteiger partial charge in [-0.2, -0.15) is 0 Å². The summed E-state index contributed by atoms with van der Waals surface area (Å²) in [6.45, 7) is 2.64. The molecular weight excluding hydrogens is 268 g/mol. The topological polar surface area (TPSA) is 70.5 Å². The van der Waals surface area contributed by atoms with Gasteiger partial charge in [-0.15, -0.1) is 0 Å². The Kier molecular flexibility index (Phi) is 3.33. The van der Waals surface area contributed by atoms with Crippen LogP contribution in [0.5, 0.6) is 0 Å². The lowest BCUT2D eigenvalue weighted by Gasteiger charge is -2.16. The van der Waals surface area contributed by atoms with Crippen molar-refractivity contribution in [1.29, 1.82) is 0 Å². The molecule has 5 heteroatoms. The summed E-state index contributed by atoms with van der Waals surface area (Å²) in [5.74, 6) is -1.44. The van der Waals surface area contributed by atoms with Crippen LogP contribution in [-0.4, -0.2) is 40.0 Å². The summed E-state index contributed by atoms with van der Waals surface area (Å²) in [6, 6.07) is 9.11. The van der Waals surface area contributed by atoms with E-state index < -0.39 is 11.9 Å². The number of amides is 1. The molecule has 0 aliphatic carbocycles. The van der Waals surface area contributed by atoms with Crippen LogP contribution < -0.4 is 0 Å². The summed E-state index contributed by atoms with van der Waals surface area (Å²) in [7, 11) is 0. The van der Waals surface area contributed by atoms with Crippen LogP contribution >= 0.6 is 0 Å². The van der Waals surface area contributed by atoms with Crippen LogP contribution in [0.25, 0.3) is 10.9 Å². The van der Waals surface area contributed by atoms with E-state index in [1.165, 1.54) is 0 Å². The van der Waals surface area contributed by atoms with Crippen molar-refractivity contribution in [1.82, 2.24) is 9.88 Å². The Balaban J connectivity index is 1.86. The number of pyridine rings is 1. The summed E-state index contributed by atoms with van der Waals surface area (Å²) in [4.78, 5) is 29.5. The van der Waals surface area contributed by atoms with Gasteiger partial charge in [-0.25, -0.2) is 0 Å². The number of benzene rings is 1. The molecule has 1 aliphatic rings. The Morgan fingerprint density at radius 1 is 1.29 bits per heavy atom. The molecule has 1 aromatic carbocycles. The lowest BCUT2D eigenvalue weighted by atomic mass is 9.99. The molecule has 108 valence electrons. The first-order chi connectivity index (χ1) is 10.1. The highest BCUT2D eigenvalue weighted by Gasteiger charge is 2.37. The van der Waals surface area contributed by atoms with Crippen molar-refractivity contribution < 1.29 is 14.7 Å². The number of hydrogen-bond donors (Lipinski definition) is 1. The summed E-state index contributed by atoms with van der Waals surface area (Å²) in [5.41, 5.74) is 1.42. The fourth-order valence-corrected chi connectivity index (χ4v) is 2.85. The molecule has 0 spiro atoms. The van der Waals surface area contributed by atoms with Crippen LogP contribution in [0.4, 0.5) is 0 Å². The lowest BCUT2D eigenvalue weighted by Crippen LogP contribution is -2.29. The molecule has 1 amide bonds. The normalized spacial score (nSPS) is 21.7. The first-order valence-corrected chi connectivity index (χ1v) is 6.93. The predicted molar refractivity (Wildman–Crippen MR) is 77.9 cm³/mol. The third-order valence-electron chi connectivity index (χ3n) is 4.07. The van der Waals surface area contributed by atoms with E-state index >= 15 is 0 Å². The second kappa shape index (κ2) is 5.16. The quantitative estimate of drug-likeness (QED) is 0.916. The molecule has 1 aromatic heterocycles. The van der Waals surface area contributed by atoms with E-state index in [2.05, 4.69) is 4.98 Å². The van der Waals surface area contributed by atoms with Crippen molar-refractivity contribution in [3.05, 3.63) is 42.1 Å². The number of carboxylic acids is 1. The Bertz CT molecular complexity index is 713. The van der Waals surface area contributed by atoms with Gasteiger partial charge in [0.2, 0.25) is 0 Å². The largest absolute Gasteiger partial charge is 0.481 e. The van der Waals surface area contributed by atoms with Crippen LogP contribution in [0, 0.1) is 11.8 Å². The molecule has 3 rings (SSSR count). The van der Waals surface area contributed by atoms with Crippen LogP contribution in [0.3, 0.4) is 0 Å². The number of carboxylic acid groups (broad SMARTS) is 1. The van der Waals surface area contributed by atoms with Crippen LogP contribution in [0.15, 0.2) is 36.5 Å². The van der Waals surface area contributed by atoms with Crippen molar-refractivity contribution in [3.63, 3.8) is 0 Å². The molecule has 1 N–H and O–H groups in total. The van der Waals surface area contributed by atoms with E-state index in [0.717, 1.165) is 10.9 Å². The third-order valence-corrected chi connectivity index (χ3v) is 4.07. The van der Waals surface area contributed by atoms with E-state index in [4.69, 9.17) is 5.11 Å². The van der Waals surface area contributed by atoms with Crippen molar-refractivity contribution >= 4 is 22.8 Å². The molecular formula is C16H16N2O3. The van der Waals surface area contributed by atoms with E-state index in [1.54, 1.807) is 17.2 Å². The summed E-state index contributed by atoms with van der Waals surface area (Å²) in [5, 5.41) is 10.1. The Morgan fingerprint density at radius 3 is 2.81 bits per heavy atom. The Hall–Kier alpha value is -2.43. The highest BCUT2D eigenvalue weighted by atomic mass is 16.4. The number of carbonyl (C=O) groups excluding carboxylic acids is 1. The summed E-state index contributed by atoms with van der Waals surface area (Å²) < 4.78 is 0. The number of likely N-dealkylation sites (tertiary alicyclic amines) is 1. The highest BCUT2D eigenvalue weighted by molar-refractivity contribution is 5.98. The number of nitrogens with zero attached hydrogens (tertiary/aromatic N) is 2. The van der Waals surface area contributed by atoms with Crippen molar-refractivity contribution in [3.8, 4) is 0 Å². The standard InChI is InChI=1S/C16H16N2O3/c1-10-8-18(9-13(10)16(20)21)15(19)12-4-5-14-11(7-12)3-2-6-17-14/h2-7,10,13H,8-9H2,1H3,(H,20,21).